The molecule has 0 heterocycles. The number of nitrogens with one attached hydrogen (secondary N) is 1. The number of rotatable bonds is 9. The monoisotopic (exact) mass is 493 g/mol. The van der Waals surface area contributed by atoms with Crippen molar-refractivity contribution in [2.75, 3.05) is 11.9 Å². The van der Waals surface area contributed by atoms with E-state index in [2.05, 4.69) is 21.2 Å². The van der Waals surface area contributed by atoms with E-state index in [-0.39, 0.29) is 18.0 Å². The topological polar surface area (TPSA) is 72.5 Å². The van der Waals surface area contributed by atoms with Gasteiger partial charge in [-0.3, -0.25) is 9.59 Å². The van der Waals surface area contributed by atoms with Crippen molar-refractivity contribution in [2.24, 2.45) is 0 Å². The molecule has 6 heteroatoms. The molecular weight excluding hydrogens is 470 g/mol. The smallest absolute Gasteiger partial charge is 0.329 e. The zero-order valence-electron chi connectivity index (χ0n) is 17.9. The van der Waals surface area contributed by atoms with Gasteiger partial charge in [-0.2, -0.15) is 0 Å². The van der Waals surface area contributed by atoms with E-state index in [4.69, 9.17) is 4.74 Å². The van der Waals surface area contributed by atoms with Crippen LogP contribution in [0.2, 0.25) is 0 Å². The molecule has 164 valence electrons. The summed E-state index contributed by atoms with van der Waals surface area (Å²) in [6.45, 7) is 3.47. The highest BCUT2D eigenvalue weighted by Crippen LogP contribution is 2.20. The summed E-state index contributed by atoms with van der Waals surface area (Å²) >= 11 is 3.32. The second kappa shape index (κ2) is 10.9. The second-order valence-corrected chi connectivity index (χ2v) is 8.46. The van der Waals surface area contributed by atoms with Crippen molar-refractivity contribution < 1.29 is 19.1 Å². The summed E-state index contributed by atoms with van der Waals surface area (Å²) in [7, 11) is 0. The molecule has 0 aromatic heterocycles. The Morgan fingerprint density at radius 3 is 2.22 bits per heavy atom. The van der Waals surface area contributed by atoms with E-state index in [1.165, 1.54) is 0 Å². The van der Waals surface area contributed by atoms with Crippen LogP contribution in [0.25, 0.3) is 0 Å². The van der Waals surface area contributed by atoms with Crippen LogP contribution in [-0.2, 0) is 9.53 Å². The minimum absolute atomic E-state index is 0.0945. The fourth-order valence-electron chi connectivity index (χ4n) is 3.16. The van der Waals surface area contributed by atoms with E-state index in [0.717, 1.165) is 21.3 Å². The minimum Gasteiger partial charge on any atom is -0.456 e. The van der Waals surface area contributed by atoms with E-state index < -0.39 is 18.6 Å². The third kappa shape index (κ3) is 6.37. The number of hydrogen-bond acceptors (Lipinski definition) is 5. The molecule has 1 atom stereocenters. The maximum atomic E-state index is 12.9. The van der Waals surface area contributed by atoms with Gasteiger partial charge in [-0.05, 0) is 43.2 Å². The van der Waals surface area contributed by atoms with Crippen LogP contribution in [0, 0.1) is 13.8 Å². The average Bonchev–Trinajstić information content (AvgIpc) is 2.80. The first kappa shape index (κ1) is 23.4. The second-order valence-electron chi connectivity index (χ2n) is 7.55. The lowest BCUT2D eigenvalue weighted by molar-refractivity contribution is -0.143. The maximum Gasteiger partial charge on any atom is 0.329 e. The van der Waals surface area contributed by atoms with Gasteiger partial charge in [0, 0.05) is 27.7 Å². The van der Waals surface area contributed by atoms with Gasteiger partial charge in [-0.15, -0.1) is 0 Å². The highest BCUT2D eigenvalue weighted by molar-refractivity contribution is 9.10. The van der Waals surface area contributed by atoms with Crippen LogP contribution in [0.1, 0.15) is 38.3 Å². The summed E-state index contributed by atoms with van der Waals surface area (Å²) in [6.07, 6.45) is -0.0945. The molecule has 3 aromatic carbocycles. The van der Waals surface area contributed by atoms with Crippen LogP contribution in [0.3, 0.4) is 0 Å². The summed E-state index contributed by atoms with van der Waals surface area (Å²) in [4.78, 5) is 38.1. The van der Waals surface area contributed by atoms with Gasteiger partial charge in [0.25, 0.3) is 0 Å². The lowest BCUT2D eigenvalue weighted by atomic mass is 10.0. The van der Waals surface area contributed by atoms with Gasteiger partial charge in [0.1, 0.15) is 6.04 Å². The highest BCUT2D eigenvalue weighted by atomic mass is 79.9. The first-order valence-electron chi connectivity index (χ1n) is 10.2. The number of benzene rings is 3. The average molecular weight is 494 g/mol. The number of halogens is 1. The molecule has 0 spiro atoms. The van der Waals surface area contributed by atoms with Gasteiger partial charge < -0.3 is 10.1 Å². The van der Waals surface area contributed by atoms with E-state index in [9.17, 15) is 14.4 Å². The van der Waals surface area contributed by atoms with Crippen LogP contribution in [-0.4, -0.2) is 30.2 Å². The Morgan fingerprint density at radius 1 is 0.875 bits per heavy atom. The van der Waals surface area contributed by atoms with Gasteiger partial charge in [-0.1, -0.05) is 70.5 Å². The van der Waals surface area contributed by atoms with Crippen molar-refractivity contribution in [3.05, 3.63) is 99.5 Å². The molecule has 3 rings (SSSR count). The van der Waals surface area contributed by atoms with E-state index >= 15 is 0 Å². The third-order valence-electron chi connectivity index (χ3n) is 5.00. The molecule has 1 unspecified atom stereocenters. The molecule has 3 aromatic rings. The van der Waals surface area contributed by atoms with Crippen LogP contribution in [0.4, 0.5) is 5.69 Å². The molecule has 0 fully saturated rings. The van der Waals surface area contributed by atoms with Crippen molar-refractivity contribution in [3.63, 3.8) is 0 Å². The molecule has 0 radical (unpaired) electrons. The molecule has 0 aliphatic heterocycles. The summed E-state index contributed by atoms with van der Waals surface area (Å²) in [6, 6.07) is 20.5. The van der Waals surface area contributed by atoms with Crippen molar-refractivity contribution in [2.45, 2.75) is 26.3 Å². The Morgan fingerprint density at radius 2 is 1.53 bits per heavy atom. The zero-order chi connectivity index (χ0) is 23.1. The molecule has 5 nitrogen and oxygen atoms in total. The van der Waals surface area contributed by atoms with Gasteiger partial charge in [0.2, 0.25) is 0 Å². The molecule has 32 heavy (non-hydrogen) atoms. The summed E-state index contributed by atoms with van der Waals surface area (Å²) in [5.74, 6) is -1.16. The largest absolute Gasteiger partial charge is 0.456 e. The number of ketones is 2. The Balaban J connectivity index is 1.74. The highest BCUT2D eigenvalue weighted by Gasteiger charge is 2.25. The minimum atomic E-state index is -0.930. The van der Waals surface area contributed by atoms with E-state index in [1.807, 2.05) is 38.1 Å². The van der Waals surface area contributed by atoms with E-state index in [0.29, 0.717) is 11.1 Å². The molecule has 0 saturated carbocycles. The lowest BCUT2D eigenvalue weighted by Gasteiger charge is -2.20. The third-order valence-corrected chi connectivity index (χ3v) is 5.53. The Labute approximate surface area is 195 Å². The Bertz CT molecular complexity index is 1110. The summed E-state index contributed by atoms with van der Waals surface area (Å²) in [5.41, 5.74) is 3.66. The number of Topliss-reactive ketones (excluding diaryl/α,β-unsaturated/α-hetero) is 2. The number of ether oxygens (including phenoxy) is 1. The van der Waals surface area contributed by atoms with Crippen LogP contribution in [0.5, 0.6) is 0 Å². The fraction of sp³-hybridized carbons (Fsp3) is 0.192. The molecule has 0 bridgehead atoms. The van der Waals surface area contributed by atoms with Crippen molar-refractivity contribution in [1.29, 1.82) is 0 Å². The number of aryl methyl sites for hydroxylation is 2. The number of esters is 1. The van der Waals surface area contributed by atoms with Crippen LogP contribution >= 0.6 is 15.9 Å². The number of anilines is 1. The number of hydrogen-bond donors (Lipinski definition) is 1. The SMILES string of the molecule is Cc1ccc(C)c(NC(CC(=O)c2ccccc2)C(=O)OCC(=O)c2ccc(Br)cc2)c1. The zero-order valence-corrected chi connectivity index (χ0v) is 19.5. The first-order chi connectivity index (χ1) is 15.3. The first-order valence-corrected chi connectivity index (χ1v) is 11.0. The summed E-state index contributed by atoms with van der Waals surface area (Å²) < 4.78 is 6.17. The predicted molar refractivity (Wildman–Crippen MR) is 128 cm³/mol. The Hall–Kier alpha value is -3.25. The van der Waals surface area contributed by atoms with Gasteiger partial charge >= 0.3 is 5.97 Å². The molecule has 0 saturated heterocycles. The van der Waals surface area contributed by atoms with Gasteiger partial charge in [-0.25, -0.2) is 4.79 Å². The molecule has 0 amide bonds. The maximum absolute atomic E-state index is 12.9. The van der Waals surface area contributed by atoms with Crippen molar-refractivity contribution >= 4 is 39.2 Å². The van der Waals surface area contributed by atoms with Crippen LogP contribution in [0.15, 0.2) is 77.3 Å². The molecule has 0 aliphatic carbocycles. The normalized spacial score (nSPS) is 11.5. The molecule has 0 aliphatic rings. The molecular formula is C26H24BrNO4. The van der Waals surface area contributed by atoms with Crippen molar-refractivity contribution in [1.82, 2.24) is 0 Å². The van der Waals surface area contributed by atoms with Crippen molar-refractivity contribution in [3.8, 4) is 0 Å². The van der Waals surface area contributed by atoms with Gasteiger partial charge in [0.15, 0.2) is 18.2 Å². The lowest BCUT2D eigenvalue weighted by Crippen LogP contribution is -2.35. The van der Waals surface area contributed by atoms with Crippen LogP contribution < -0.4 is 5.32 Å². The number of carbonyl (C=O) groups excluding carboxylic acids is 3. The predicted octanol–water partition coefficient (Wildman–Crippen LogP) is 5.55. The standard InChI is InChI=1S/C26H24BrNO4/c1-17-8-9-18(2)22(14-17)28-23(15-24(29)19-6-4-3-5-7-19)26(31)32-16-25(30)20-10-12-21(27)13-11-20/h3-14,23,28H,15-16H2,1-2H3. The summed E-state index contributed by atoms with van der Waals surface area (Å²) in [5, 5.41) is 3.15. The quantitative estimate of drug-likeness (QED) is 0.312. The van der Waals surface area contributed by atoms with Gasteiger partial charge in [0.05, 0.1) is 0 Å². The Kier molecular flexibility index (Phi) is 7.95. The van der Waals surface area contributed by atoms with E-state index in [1.54, 1.807) is 48.5 Å². The molecule has 1 N–H and O–H groups in total. The fourth-order valence-corrected chi connectivity index (χ4v) is 3.42. The number of carbonyl (C=O) groups is 3.